The molecule has 2 atom stereocenters. The molecule has 0 heterocycles. The quantitative estimate of drug-likeness (QED) is 0.457. The molecule has 0 aromatic heterocycles. The Balaban J connectivity index is 4.18. The summed E-state index contributed by atoms with van der Waals surface area (Å²) in [5.41, 5.74) is 4.56. The highest BCUT2D eigenvalue weighted by molar-refractivity contribution is 7.99. The Kier molecular flexibility index (Phi) is 6.98. The number of amides is 1. The molecule has 0 aliphatic rings. The van der Waals surface area contributed by atoms with Gasteiger partial charge in [0.2, 0.25) is 5.91 Å². The fourth-order valence-corrected chi connectivity index (χ4v) is 2.40. The van der Waals surface area contributed by atoms with E-state index >= 15 is 0 Å². The van der Waals surface area contributed by atoms with Crippen LogP contribution in [0, 0.1) is 0 Å². The molecule has 1 amide bonds. The zero-order valence-electron chi connectivity index (χ0n) is 10.1. The molecule has 5 N–H and O–H groups in total. The van der Waals surface area contributed by atoms with Gasteiger partial charge in [-0.3, -0.25) is 4.79 Å². The van der Waals surface area contributed by atoms with Crippen LogP contribution in [0.5, 0.6) is 0 Å². The molecule has 0 aromatic rings. The van der Waals surface area contributed by atoms with Gasteiger partial charge in [0.05, 0.1) is 12.7 Å². The molecule has 96 valence electrons. The van der Waals surface area contributed by atoms with E-state index in [1.54, 1.807) is 6.92 Å². The minimum absolute atomic E-state index is 0.154. The van der Waals surface area contributed by atoms with Crippen molar-refractivity contribution in [2.45, 2.75) is 38.5 Å². The normalized spacial score (nSPS) is 17.1. The summed E-state index contributed by atoms with van der Waals surface area (Å²) in [6, 6.07) is 0.154. The van der Waals surface area contributed by atoms with Crippen molar-refractivity contribution in [2.75, 3.05) is 18.1 Å². The van der Waals surface area contributed by atoms with E-state index in [-0.39, 0.29) is 12.6 Å². The van der Waals surface area contributed by atoms with Crippen molar-refractivity contribution in [1.82, 2.24) is 5.32 Å². The van der Waals surface area contributed by atoms with Crippen LogP contribution in [-0.4, -0.2) is 51.9 Å². The second-order valence-electron chi connectivity index (χ2n) is 4.35. The maximum absolute atomic E-state index is 11.3. The molecule has 0 rings (SSSR count). The number of aliphatic hydroxyl groups excluding tert-OH is 2. The largest absolute Gasteiger partial charge is 0.394 e. The first-order valence-corrected chi connectivity index (χ1v) is 6.41. The van der Waals surface area contributed by atoms with Crippen LogP contribution in [0.3, 0.4) is 0 Å². The van der Waals surface area contributed by atoms with Gasteiger partial charge in [0.25, 0.3) is 0 Å². The zero-order valence-corrected chi connectivity index (χ0v) is 10.9. The Morgan fingerprint density at radius 1 is 1.56 bits per heavy atom. The summed E-state index contributed by atoms with van der Waals surface area (Å²) in [7, 11) is 0. The number of thioether (sulfide) groups is 1. The molecule has 2 unspecified atom stereocenters. The Morgan fingerprint density at radius 3 is 2.50 bits per heavy atom. The lowest BCUT2D eigenvalue weighted by atomic mass is 10.0. The minimum atomic E-state index is -0.784. The van der Waals surface area contributed by atoms with Crippen LogP contribution in [0.25, 0.3) is 0 Å². The van der Waals surface area contributed by atoms with Gasteiger partial charge < -0.3 is 21.3 Å². The van der Waals surface area contributed by atoms with Gasteiger partial charge in [-0.25, -0.2) is 0 Å². The molecular weight excluding hydrogens is 228 g/mol. The highest BCUT2D eigenvalue weighted by Gasteiger charge is 2.31. The lowest BCUT2D eigenvalue weighted by Gasteiger charge is -2.29. The van der Waals surface area contributed by atoms with Gasteiger partial charge in [-0.1, -0.05) is 0 Å². The van der Waals surface area contributed by atoms with Crippen LogP contribution >= 0.6 is 11.8 Å². The Labute approximate surface area is 101 Å². The molecule has 0 fully saturated rings. The van der Waals surface area contributed by atoms with Crippen molar-refractivity contribution in [2.24, 2.45) is 5.73 Å². The fraction of sp³-hybridized carbons (Fsp3) is 0.900. The first-order chi connectivity index (χ1) is 7.31. The number of carbonyl (C=O) groups excluding carboxylic acids is 1. The van der Waals surface area contributed by atoms with Gasteiger partial charge in [-0.05, 0) is 20.8 Å². The van der Waals surface area contributed by atoms with Crippen LogP contribution in [0.4, 0.5) is 0 Å². The number of nitrogens with one attached hydrogen (secondary N) is 1. The van der Waals surface area contributed by atoms with Crippen LogP contribution in [-0.2, 0) is 4.79 Å². The summed E-state index contributed by atoms with van der Waals surface area (Å²) < 4.78 is 0. The van der Waals surface area contributed by atoms with Gasteiger partial charge in [-0.2, -0.15) is 11.8 Å². The van der Waals surface area contributed by atoms with Crippen molar-refractivity contribution in [1.29, 1.82) is 0 Å². The topological polar surface area (TPSA) is 95.6 Å². The van der Waals surface area contributed by atoms with E-state index in [0.29, 0.717) is 11.5 Å². The Morgan fingerprint density at radius 2 is 2.12 bits per heavy atom. The third-order valence-corrected chi connectivity index (χ3v) is 3.46. The number of aliphatic hydroxyl groups is 2. The average molecular weight is 250 g/mol. The summed E-state index contributed by atoms with van der Waals surface area (Å²) in [6.07, 6.45) is -0.749. The third kappa shape index (κ3) is 5.69. The Bertz CT molecular complexity index is 226. The molecule has 0 saturated carbocycles. The molecule has 0 bridgehead atoms. The van der Waals surface area contributed by atoms with Gasteiger partial charge in [-0.15, -0.1) is 0 Å². The third-order valence-electron chi connectivity index (χ3n) is 2.06. The molecular formula is C10H22N2O3S. The van der Waals surface area contributed by atoms with Gasteiger partial charge >= 0.3 is 0 Å². The summed E-state index contributed by atoms with van der Waals surface area (Å²) in [5, 5.41) is 20.9. The number of hydrogen-bond donors (Lipinski definition) is 4. The number of hydrogen-bond acceptors (Lipinski definition) is 5. The molecule has 0 aromatic carbocycles. The molecule has 0 spiro atoms. The van der Waals surface area contributed by atoms with Gasteiger partial charge in [0.1, 0.15) is 5.54 Å². The van der Waals surface area contributed by atoms with E-state index in [9.17, 15) is 4.79 Å². The maximum atomic E-state index is 11.3. The molecule has 0 aliphatic heterocycles. The Hall–Kier alpha value is -0.300. The van der Waals surface area contributed by atoms with Crippen molar-refractivity contribution >= 4 is 17.7 Å². The molecule has 6 heteroatoms. The van der Waals surface area contributed by atoms with Gasteiger partial charge in [0, 0.05) is 17.5 Å². The van der Waals surface area contributed by atoms with Crippen LogP contribution in [0.2, 0.25) is 0 Å². The monoisotopic (exact) mass is 250 g/mol. The molecule has 16 heavy (non-hydrogen) atoms. The SMILES string of the molecule is CC(C)NC(C)(CSCC(O)CO)C(N)=O. The average Bonchev–Trinajstić information content (AvgIpc) is 2.16. The van der Waals surface area contributed by atoms with E-state index in [1.165, 1.54) is 11.8 Å². The summed E-state index contributed by atoms with van der Waals surface area (Å²) >= 11 is 1.39. The van der Waals surface area contributed by atoms with Crippen molar-refractivity contribution in [3.8, 4) is 0 Å². The first kappa shape index (κ1) is 15.7. The van der Waals surface area contributed by atoms with Crippen LogP contribution in [0.1, 0.15) is 20.8 Å². The predicted octanol–water partition coefficient (Wildman–Crippen LogP) is -0.685. The smallest absolute Gasteiger partial charge is 0.238 e. The van der Waals surface area contributed by atoms with Crippen molar-refractivity contribution in [3.05, 3.63) is 0 Å². The highest BCUT2D eigenvalue weighted by atomic mass is 32.2. The maximum Gasteiger partial charge on any atom is 0.238 e. The minimum Gasteiger partial charge on any atom is -0.394 e. The van der Waals surface area contributed by atoms with E-state index in [2.05, 4.69) is 5.32 Å². The number of nitrogens with two attached hydrogens (primary N) is 1. The van der Waals surface area contributed by atoms with Gasteiger partial charge in [0.15, 0.2) is 0 Å². The molecule has 0 aliphatic carbocycles. The van der Waals surface area contributed by atoms with Crippen molar-refractivity contribution < 1.29 is 15.0 Å². The fourth-order valence-electron chi connectivity index (χ4n) is 1.27. The molecule has 0 saturated heterocycles. The summed E-state index contributed by atoms with van der Waals surface area (Å²) in [6.45, 7) is 5.36. The van der Waals surface area contributed by atoms with Crippen LogP contribution in [0.15, 0.2) is 0 Å². The first-order valence-electron chi connectivity index (χ1n) is 5.26. The standard InChI is InChI=1S/C10H22N2O3S/c1-7(2)12-10(3,9(11)15)6-16-5-8(14)4-13/h7-8,12-14H,4-6H2,1-3H3,(H2,11,15). The zero-order chi connectivity index (χ0) is 12.8. The van der Waals surface area contributed by atoms with E-state index in [0.717, 1.165) is 0 Å². The van der Waals surface area contributed by atoms with Crippen molar-refractivity contribution in [3.63, 3.8) is 0 Å². The van der Waals surface area contributed by atoms with E-state index < -0.39 is 17.6 Å². The lowest BCUT2D eigenvalue weighted by Crippen LogP contribution is -2.57. The predicted molar refractivity (Wildman–Crippen MR) is 66.3 cm³/mol. The second kappa shape index (κ2) is 7.11. The number of carbonyl (C=O) groups is 1. The lowest BCUT2D eigenvalue weighted by molar-refractivity contribution is -0.123. The van der Waals surface area contributed by atoms with E-state index in [4.69, 9.17) is 15.9 Å². The molecule has 5 nitrogen and oxygen atoms in total. The summed E-state index contributed by atoms with van der Waals surface area (Å²) in [4.78, 5) is 11.3. The molecule has 0 radical (unpaired) electrons. The van der Waals surface area contributed by atoms with Crippen LogP contribution < -0.4 is 11.1 Å². The summed E-state index contributed by atoms with van der Waals surface area (Å²) in [5.74, 6) is 0.448. The highest BCUT2D eigenvalue weighted by Crippen LogP contribution is 2.15. The number of rotatable bonds is 8. The number of primary amides is 1. The second-order valence-corrected chi connectivity index (χ2v) is 5.38. The van der Waals surface area contributed by atoms with E-state index in [1.807, 2.05) is 13.8 Å².